The molecule has 0 bridgehead atoms. The van der Waals surface area contributed by atoms with E-state index in [4.69, 9.17) is 0 Å². The van der Waals surface area contributed by atoms with Crippen molar-refractivity contribution in [3.63, 3.8) is 0 Å². The van der Waals surface area contributed by atoms with Crippen molar-refractivity contribution >= 4 is 0 Å². The zero-order chi connectivity index (χ0) is 8.93. The third-order valence-electron chi connectivity index (χ3n) is 4.90. The van der Waals surface area contributed by atoms with E-state index in [2.05, 4.69) is 27.7 Å². The smallest absolute Gasteiger partial charge is 0.0266 e. The third-order valence-corrected chi connectivity index (χ3v) is 4.90. The number of rotatable bonds is 2. The van der Waals surface area contributed by atoms with Crippen LogP contribution < -0.4 is 0 Å². The summed E-state index contributed by atoms with van der Waals surface area (Å²) in [6.07, 6.45) is 4.42. The van der Waals surface area contributed by atoms with Crippen LogP contribution in [0.15, 0.2) is 0 Å². The first-order valence-corrected chi connectivity index (χ1v) is 5.59. The average Bonchev–Trinajstić information content (AvgIpc) is 2.57. The summed E-state index contributed by atoms with van der Waals surface area (Å²) in [5.74, 6) is 4.17. The fourth-order valence-corrected chi connectivity index (χ4v) is 3.51. The second-order valence-electron chi connectivity index (χ2n) is 5.50. The average molecular weight is 166 g/mol. The van der Waals surface area contributed by atoms with Crippen LogP contribution in [0.1, 0.15) is 47.0 Å². The molecule has 0 spiro atoms. The van der Waals surface area contributed by atoms with E-state index in [-0.39, 0.29) is 0 Å². The largest absolute Gasteiger partial charge is 0.0651 e. The topological polar surface area (TPSA) is 0 Å². The van der Waals surface area contributed by atoms with E-state index in [0.29, 0.717) is 0 Å². The fraction of sp³-hybridized carbons (Fsp3) is 1.00. The standard InChI is InChI=1S/C12H22/c1-5-10-8(2)6-11(10)12(4)7-9(12)3/h8-11H,5-7H2,1-4H3. The van der Waals surface area contributed by atoms with Gasteiger partial charge in [0, 0.05) is 0 Å². The lowest BCUT2D eigenvalue weighted by Crippen LogP contribution is -2.40. The van der Waals surface area contributed by atoms with Crippen LogP contribution in [0.2, 0.25) is 0 Å². The third kappa shape index (κ3) is 0.963. The van der Waals surface area contributed by atoms with E-state index in [9.17, 15) is 0 Å². The molecule has 70 valence electrons. The van der Waals surface area contributed by atoms with Crippen LogP contribution in [0, 0.1) is 29.1 Å². The molecule has 0 heteroatoms. The van der Waals surface area contributed by atoms with Crippen molar-refractivity contribution in [1.29, 1.82) is 0 Å². The molecule has 2 fully saturated rings. The Balaban J connectivity index is 1.99. The summed E-state index contributed by atoms with van der Waals surface area (Å²) in [6.45, 7) is 9.73. The lowest BCUT2D eigenvalue weighted by Gasteiger charge is -2.47. The summed E-state index contributed by atoms with van der Waals surface area (Å²) >= 11 is 0. The molecular weight excluding hydrogens is 144 g/mol. The van der Waals surface area contributed by atoms with Crippen molar-refractivity contribution < 1.29 is 0 Å². The normalized spacial score (nSPS) is 58.0. The molecule has 0 aliphatic heterocycles. The molecule has 2 rings (SSSR count). The van der Waals surface area contributed by atoms with Crippen molar-refractivity contribution in [2.75, 3.05) is 0 Å². The molecule has 2 saturated carbocycles. The lowest BCUT2D eigenvalue weighted by atomic mass is 9.58. The molecule has 0 aromatic carbocycles. The second kappa shape index (κ2) is 2.49. The van der Waals surface area contributed by atoms with Gasteiger partial charge in [-0.1, -0.05) is 34.1 Å². The van der Waals surface area contributed by atoms with E-state index in [0.717, 1.165) is 29.1 Å². The van der Waals surface area contributed by atoms with E-state index in [1.165, 1.54) is 19.3 Å². The summed E-state index contributed by atoms with van der Waals surface area (Å²) in [5.41, 5.74) is 0.757. The van der Waals surface area contributed by atoms with E-state index in [1.54, 1.807) is 0 Å². The maximum atomic E-state index is 2.51. The van der Waals surface area contributed by atoms with Gasteiger partial charge in [0.1, 0.15) is 0 Å². The van der Waals surface area contributed by atoms with Crippen LogP contribution in [0.5, 0.6) is 0 Å². The van der Waals surface area contributed by atoms with Gasteiger partial charge in [-0.15, -0.1) is 0 Å². The van der Waals surface area contributed by atoms with Crippen molar-refractivity contribution in [2.45, 2.75) is 47.0 Å². The predicted molar refractivity (Wildman–Crippen MR) is 52.9 cm³/mol. The minimum atomic E-state index is 0.757. The molecule has 0 aromatic heterocycles. The Kier molecular flexibility index (Phi) is 1.79. The van der Waals surface area contributed by atoms with Crippen molar-refractivity contribution in [3.05, 3.63) is 0 Å². The van der Waals surface area contributed by atoms with Crippen molar-refractivity contribution in [2.24, 2.45) is 29.1 Å². The van der Waals surface area contributed by atoms with Gasteiger partial charge in [0.2, 0.25) is 0 Å². The molecule has 0 amide bonds. The van der Waals surface area contributed by atoms with Gasteiger partial charge in [-0.05, 0) is 41.9 Å². The Labute approximate surface area is 76.7 Å². The SMILES string of the molecule is CCC1C(C)CC1C1(C)CC1C. The highest BCUT2D eigenvalue weighted by Crippen LogP contribution is 2.66. The van der Waals surface area contributed by atoms with Crippen LogP contribution in [0.4, 0.5) is 0 Å². The molecule has 0 heterocycles. The zero-order valence-electron chi connectivity index (χ0n) is 8.93. The van der Waals surface area contributed by atoms with Crippen LogP contribution in [-0.4, -0.2) is 0 Å². The van der Waals surface area contributed by atoms with Gasteiger partial charge in [0.15, 0.2) is 0 Å². The highest BCUT2D eigenvalue weighted by atomic mass is 14.6. The van der Waals surface area contributed by atoms with Crippen LogP contribution in [0.25, 0.3) is 0 Å². The van der Waals surface area contributed by atoms with Gasteiger partial charge in [0.05, 0.1) is 0 Å². The van der Waals surface area contributed by atoms with Crippen LogP contribution >= 0.6 is 0 Å². The summed E-state index contributed by atoms with van der Waals surface area (Å²) in [4.78, 5) is 0. The minimum absolute atomic E-state index is 0.757. The molecule has 5 unspecified atom stereocenters. The van der Waals surface area contributed by atoms with Gasteiger partial charge in [-0.2, -0.15) is 0 Å². The minimum Gasteiger partial charge on any atom is -0.0651 e. The summed E-state index contributed by atoms with van der Waals surface area (Å²) in [5, 5.41) is 0. The van der Waals surface area contributed by atoms with E-state index < -0.39 is 0 Å². The Bertz CT molecular complexity index is 184. The monoisotopic (exact) mass is 166 g/mol. The Hall–Kier alpha value is 0. The molecular formula is C12H22. The summed E-state index contributed by atoms with van der Waals surface area (Å²) in [7, 11) is 0. The molecule has 0 nitrogen and oxygen atoms in total. The van der Waals surface area contributed by atoms with Gasteiger partial charge < -0.3 is 0 Å². The van der Waals surface area contributed by atoms with E-state index >= 15 is 0 Å². The van der Waals surface area contributed by atoms with Crippen LogP contribution in [-0.2, 0) is 0 Å². The molecule has 0 saturated heterocycles. The van der Waals surface area contributed by atoms with Gasteiger partial charge in [0.25, 0.3) is 0 Å². The highest BCUT2D eigenvalue weighted by molar-refractivity contribution is 5.07. The molecule has 0 N–H and O–H groups in total. The quantitative estimate of drug-likeness (QED) is 0.586. The van der Waals surface area contributed by atoms with Gasteiger partial charge >= 0.3 is 0 Å². The molecule has 2 aliphatic rings. The fourth-order valence-electron chi connectivity index (χ4n) is 3.51. The maximum Gasteiger partial charge on any atom is -0.0266 e. The number of hydrogen-bond donors (Lipinski definition) is 0. The van der Waals surface area contributed by atoms with E-state index in [1.807, 2.05) is 0 Å². The first kappa shape index (κ1) is 8.59. The Morgan fingerprint density at radius 2 is 1.92 bits per heavy atom. The van der Waals surface area contributed by atoms with Crippen molar-refractivity contribution in [3.8, 4) is 0 Å². The second-order valence-corrected chi connectivity index (χ2v) is 5.50. The Morgan fingerprint density at radius 1 is 1.33 bits per heavy atom. The Morgan fingerprint density at radius 3 is 2.25 bits per heavy atom. The molecule has 5 atom stereocenters. The highest BCUT2D eigenvalue weighted by Gasteiger charge is 2.58. The predicted octanol–water partition coefficient (Wildman–Crippen LogP) is 3.71. The number of hydrogen-bond acceptors (Lipinski definition) is 0. The zero-order valence-corrected chi connectivity index (χ0v) is 8.93. The summed E-state index contributed by atoms with van der Waals surface area (Å²) < 4.78 is 0. The molecule has 0 aromatic rings. The molecule has 0 radical (unpaired) electrons. The van der Waals surface area contributed by atoms with Gasteiger partial charge in [-0.3, -0.25) is 0 Å². The molecule has 2 aliphatic carbocycles. The lowest BCUT2D eigenvalue weighted by molar-refractivity contribution is 0.0200. The molecule has 12 heavy (non-hydrogen) atoms. The first-order valence-electron chi connectivity index (χ1n) is 5.59. The van der Waals surface area contributed by atoms with Gasteiger partial charge in [-0.25, -0.2) is 0 Å². The van der Waals surface area contributed by atoms with Crippen molar-refractivity contribution in [1.82, 2.24) is 0 Å². The summed E-state index contributed by atoms with van der Waals surface area (Å²) in [6, 6.07) is 0. The maximum absolute atomic E-state index is 2.51. The van der Waals surface area contributed by atoms with Crippen LogP contribution in [0.3, 0.4) is 0 Å². The first-order chi connectivity index (χ1) is 5.59.